The van der Waals surface area contributed by atoms with Gasteiger partial charge in [0.25, 0.3) is 0 Å². The van der Waals surface area contributed by atoms with Crippen molar-refractivity contribution in [1.29, 1.82) is 0 Å². The summed E-state index contributed by atoms with van der Waals surface area (Å²) in [7, 11) is 0. The molecule has 0 aliphatic carbocycles. The van der Waals surface area contributed by atoms with E-state index in [1.54, 1.807) is 6.20 Å². The summed E-state index contributed by atoms with van der Waals surface area (Å²) in [6.07, 6.45) is 0.0129. The lowest BCUT2D eigenvalue weighted by atomic mass is 10.2. The second-order valence-electron chi connectivity index (χ2n) is 7.21. The second-order valence-corrected chi connectivity index (χ2v) is 7.61. The Morgan fingerprint density at radius 1 is 0.909 bits per heavy atom. The molecule has 1 aliphatic heterocycles. The van der Waals surface area contributed by atoms with Gasteiger partial charge >= 0.3 is 12.2 Å². The van der Waals surface area contributed by atoms with E-state index in [1.807, 2.05) is 23.1 Å². The highest BCUT2D eigenvalue weighted by Crippen LogP contribution is 2.36. The molecule has 3 aromatic rings. The molecule has 1 aromatic carbocycles. The average molecular weight is 478 g/mol. The summed E-state index contributed by atoms with van der Waals surface area (Å²) >= 11 is 5.59. The van der Waals surface area contributed by atoms with Crippen molar-refractivity contribution in [3.05, 3.63) is 65.6 Å². The molecule has 2 N–H and O–H groups in total. The zero-order valence-corrected chi connectivity index (χ0v) is 17.9. The Labute approximate surface area is 192 Å². The molecular formula is C21H19ClF3N7O. The normalized spacial score (nSPS) is 14.2. The molecular weight excluding hydrogens is 459 g/mol. The number of carbonyl (C=O) groups excluding carboxylic acids is 1. The predicted molar refractivity (Wildman–Crippen MR) is 120 cm³/mol. The molecule has 0 saturated carbocycles. The lowest BCUT2D eigenvalue weighted by Gasteiger charge is -2.35. The number of amides is 2. The summed E-state index contributed by atoms with van der Waals surface area (Å²) in [4.78, 5) is 29.3. The number of carbonyl (C=O) groups is 1. The van der Waals surface area contributed by atoms with E-state index in [4.69, 9.17) is 11.6 Å². The number of urea groups is 1. The van der Waals surface area contributed by atoms with Gasteiger partial charge in [-0.25, -0.2) is 19.7 Å². The maximum atomic E-state index is 13.0. The number of benzene rings is 1. The Morgan fingerprint density at radius 2 is 1.58 bits per heavy atom. The number of hydrogen-bond acceptors (Lipinski definition) is 6. The summed E-state index contributed by atoms with van der Waals surface area (Å²) in [5.41, 5.74) is -0.779. The molecule has 2 aromatic heterocycles. The van der Waals surface area contributed by atoms with Gasteiger partial charge < -0.3 is 20.4 Å². The van der Waals surface area contributed by atoms with Crippen LogP contribution in [0.1, 0.15) is 5.56 Å². The first-order valence-corrected chi connectivity index (χ1v) is 10.3. The molecule has 1 aliphatic rings. The number of piperazine rings is 1. The fraction of sp³-hybridized carbons (Fsp3) is 0.238. The Balaban J connectivity index is 1.32. The SMILES string of the molecule is O=C(Nc1cnc(N2CCN(c3ccccn3)CC2)nc1)Nc1ccc(Cl)c(C(F)(F)F)c1. The molecule has 0 spiro atoms. The summed E-state index contributed by atoms with van der Waals surface area (Å²) in [6, 6.07) is 8.18. The van der Waals surface area contributed by atoms with Gasteiger partial charge in [-0.2, -0.15) is 13.2 Å². The van der Waals surface area contributed by atoms with Crippen molar-refractivity contribution in [1.82, 2.24) is 15.0 Å². The van der Waals surface area contributed by atoms with Crippen LogP contribution in [0.5, 0.6) is 0 Å². The first kappa shape index (κ1) is 22.6. The molecule has 0 unspecified atom stereocenters. The summed E-state index contributed by atoms with van der Waals surface area (Å²) in [6.45, 7) is 2.96. The van der Waals surface area contributed by atoms with E-state index in [2.05, 4.69) is 30.5 Å². The van der Waals surface area contributed by atoms with Gasteiger partial charge in [0.2, 0.25) is 5.95 Å². The van der Waals surface area contributed by atoms with Gasteiger partial charge in [0.05, 0.1) is 28.7 Å². The number of aromatic nitrogens is 3. The van der Waals surface area contributed by atoms with E-state index in [-0.39, 0.29) is 5.69 Å². The lowest BCUT2D eigenvalue weighted by Crippen LogP contribution is -2.47. The van der Waals surface area contributed by atoms with Gasteiger partial charge in [-0.05, 0) is 30.3 Å². The predicted octanol–water partition coefficient (Wildman–Crippen LogP) is 4.51. The van der Waals surface area contributed by atoms with E-state index in [0.29, 0.717) is 24.7 Å². The minimum atomic E-state index is -4.63. The summed E-state index contributed by atoms with van der Waals surface area (Å²) < 4.78 is 38.9. The van der Waals surface area contributed by atoms with Crippen LogP contribution in [0.4, 0.5) is 41.1 Å². The second kappa shape index (κ2) is 9.49. The van der Waals surface area contributed by atoms with Crippen molar-refractivity contribution in [3.63, 3.8) is 0 Å². The Bertz CT molecular complexity index is 1110. The van der Waals surface area contributed by atoms with Gasteiger partial charge in [0.1, 0.15) is 5.82 Å². The quantitative estimate of drug-likeness (QED) is 0.575. The number of hydrogen-bond donors (Lipinski definition) is 2. The van der Waals surface area contributed by atoms with Gasteiger partial charge in [-0.3, -0.25) is 0 Å². The van der Waals surface area contributed by atoms with Crippen LogP contribution in [0.2, 0.25) is 5.02 Å². The van der Waals surface area contributed by atoms with E-state index < -0.39 is 22.8 Å². The Kier molecular flexibility index (Phi) is 6.50. The highest BCUT2D eigenvalue weighted by molar-refractivity contribution is 6.31. The zero-order chi connectivity index (χ0) is 23.4. The lowest BCUT2D eigenvalue weighted by molar-refractivity contribution is -0.137. The number of pyridine rings is 1. The van der Waals surface area contributed by atoms with Crippen LogP contribution in [-0.2, 0) is 6.18 Å². The van der Waals surface area contributed by atoms with E-state index >= 15 is 0 Å². The van der Waals surface area contributed by atoms with E-state index in [1.165, 1.54) is 18.5 Å². The van der Waals surface area contributed by atoms with Crippen LogP contribution >= 0.6 is 11.6 Å². The fourth-order valence-electron chi connectivity index (χ4n) is 3.34. The number of anilines is 4. The number of nitrogens with zero attached hydrogens (tertiary/aromatic N) is 5. The number of rotatable bonds is 4. The topological polar surface area (TPSA) is 86.3 Å². The maximum Gasteiger partial charge on any atom is 0.417 e. The summed E-state index contributed by atoms with van der Waals surface area (Å²) in [5, 5.41) is 4.39. The Hall–Kier alpha value is -3.60. The van der Waals surface area contributed by atoms with Crippen LogP contribution in [0.3, 0.4) is 0 Å². The molecule has 2 amide bonds. The highest BCUT2D eigenvalue weighted by atomic mass is 35.5. The first-order valence-electron chi connectivity index (χ1n) is 9.97. The molecule has 1 fully saturated rings. The van der Waals surface area contributed by atoms with Crippen molar-refractivity contribution in [2.45, 2.75) is 6.18 Å². The molecule has 0 radical (unpaired) electrons. The zero-order valence-electron chi connectivity index (χ0n) is 17.2. The number of alkyl halides is 3. The van der Waals surface area contributed by atoms with E-state index in [0.717, 1.165) is 31.0 Å². The van der Waals surface area contributed by atoms with Crippen LogP contribution < -0.4 is 20.4 Å². The van der Waals surface area contributed by atoms with Crippen molar-refractivity contribution in [3.8, 4) is 0 Å². The smallest absolute Gasteiger partial charge is 0.353 e. The van der Waals surface area contributed by atoms with Crippen LogP contribution in [0, 0.1) is 0 Å². The van der Waals surface area contributed by atoms with Crippen LogP contribution in [0.25, 0.3) is 0 Å². The van der Waals surface area contributed by atoms with Gasteiger partial charge in [0, 0.05) is 38.1 Å². The van der Waals surface area contributed by atoms with Crippen molar-refractivity contribution in [2.24, 2.45) is 0 Å². The van der Waals surface area contributed by atoms with Crippen molar-refractivity contribution < 1.29 is 18.0 Å². The maximum absolute atomic E-state index is 13.0. The number of halogens is 4. The van der Waals surface area contributed by atoms with Gasteiger partial charge in [-0.15, -0.1) is 0 Å². The molecule has 12 heteroatoms. The average Bonchev–Trinajstić information content (AvgIpc) is 2.81. The molecule has 172 valence electrons. The molecule has 0 bridgehead atoms. The van der Waals surface area contributed by atoms with Crippen molar-refractivity contribution in [2.75, 3.05) is 46.6 Å². The standard InChI is InChI=1S/C21H19ClF3N7O/c22-17-5-4-14(11-16(17)21(23,24)25)29-20(33)30-15-12-27-19(28-13-15)32-9-7-31(8-10-32)18-3-1-2-6-26-18/h1-6,11-13H,7-10H2,(H2,29,30,33). The molecule has 8 nitrogen and oxygen atoms in total. The third-order valence-corrected chi connectivity index (χ3v) is 5.29. The van der Waals surface area contributed by atoms with E-state index in [9.17, 15) is 18.0 Å². The molecule has 3 heterocycles. The van der Waals surface area contributed by atoms with Crippen LogP contribution in [0.15, 0.2) is 55.0 Å². The minimum absolute atomic E-state index is 0.0486. The molecule has 33 heavy (non-hydrogen) atoms. The molecule has 1 saturated heterocycles. The van der Waals surface area contributed by atoms with Crippen LogP contribution in [-0.4, -0.2) is 47.2 Å². The van der Waals surface area contributed by atoms with Crippen molar-refractivity contribution >= 4 is 40.8 Å². The highest BCUT2D eigenvalue weighted by Gasteiger charge is 2.33. The molecule has 0 atom stereocenters. The van der Waals surface area contributed by atoms with Gasteiger partial charge in [0.15, 0.2) is 0 Å². The fourth-order valence-corrected chi connectivity index (χ4v) is 3.56. The third kappa shape index (κ3) is 5.61. The first-order chi connectivity index (χ1) is 15.8. The minimum Gasteiger partial charge on any atom is -0.353 e. The third-order valence-electron chi connectivity index (χ3n) is 4.96. The molecule has 4 rings (SSSR count). The number of nitrogens with one attached hydrogen (secondary N) is 2. The largest absolute Gasteiger partial charge is 0.417 e. The monoisotopic (exact) mass is 477 g/mol. The summed E-state index contributed by atoms with van der Waals surface area (Å²) in [5.74, 6) is 1.45. The van der Waals surface area contributed by atoms with Gasteiger partial charge in [-0.1, -0.05) is 17.7 Å². The Morgan fingerprint density at radius 3 is 2.21 bits per heavy atom.